The zero-order chi connectivity index (χ0) is 23.0. The molecule has 0 bridgehead atoms. The fourth-order valence-electron chi connectivity index (χ4n) is 4.36. The van der Waals surface area contributed by atoms with Gasteiger partial charge in [0, 0.05) is 36.9 Å². The number of aryl methyl sites for hydroxylation is 1. The minimum Gasteiger partial charge on any atom is -0.371 e. The number of nitrogens with one attached hydrogen (secondary N) is 2. The van der Waals surface area contributed by atoms with Gasteiger partial charge in [-0.2, -0.15) is 0 Å². The van der Waals surface area contributed by atoms with Crippen molar-refractivity contribution in [3.63, 3.8) is 0 Å². The summed E-state index contributed by atoms with van der Waals surface area (Å²) < 4.78 is 0. The van der Waals surface area contributed by atoms with Gasteiger partial charge >= 0.3 is 0 Å². The Morgan fingerprint density at radius 1 is 0.818 bits per heavy atom. The first-order valence-corrected chi connectivity index (χ1v) is 11.6. The van der Waals surface area contributed by atoms with Gasteiger partial charge in [0.05, 0.1) is 5.56 Å². The molecule has 5 nitrogen and oxygen atoms in total. The molecule has 1 saturated heterocycles. The molecule has 1 aliphatic heterocycles. The summed E-state index contributed by atoms with van der Waals surface area (Å²) in [5, 5.41) is 6.25. The van der Waals surface area contributed by atoms with Gasteiger partial charge in [-0.3, -0.25) is 9.59 Å². The molecule has 2 amide bonds. The number of carbonyl (C=O) groups is 2. The van der Waals surface area contributed by atoms with Crippen molar-refractivity contribution in [1.29, 1.82) is 0 Å². The number of para-hydroxylation sites is 1. The Kier molecular flexibility index (Phi) is 7.40. The molecular formula is C28H31N3O2. The van der Waals surface area contributed by atoms with Crippen LogP contribution in [0.25, 0.3) is 0 Å². The Bertz CT molecular complexity index is 1090. The Labute approximate surface area is 195 Å². The van der Waals surface area contributed by atoms with E-state index < -0.39 is 0 Å². The van der Waals surface area contributed by atoms with E-state index in [-0.39, 0.29) is 17.9 Å². The van der Waals surface area contributed by atoms with E-state index in [4.69, 9.17) is 0 Å². The van der Waals surface area contributed by atoms with Crippen molar-refractivity contribution in [2.24, 2.45) is 0 Å². The fraction of sp³-hybridized carbons (Fsp3) is 0.286. The van der Waals surface area contributed by atoms with Crippen LogP contribution in [0.2, 0.25) is 0 Å². The molecule has 0 spiro atoms. The second-order valence-electron chi connectivity index (χ2n) is 8.56. The maximum atomic E-state index is 12.9. The summed E-state index contributed by atoms with van der Waals surface area (Å²) >= 11 is 0. The van der Waals surface area contributed by atoms with Gasteiger partial charge in [-0.05, 0) is 55.5 Å². The van der Waals surface area contributed by atoms with Crippen LogP contribution >= 0.6 is 0 Å². The molecule has 170 valence electrons. The molecule has 0 saturated carbocycles. The SMILES string of the molecule is Cc1ccccc1C(=O)NC1CCN(c2ccccc2C(=O)NCCc2ccccc2)CC1. The second kappa shape index (κ2) is 10.8. The van der Waals surface area contributed by atoms with E-state index in [2.05, 4.69) is 27.7 Å². The molecule has 1 fully saturated rings. The monoisotopic (exact) mass is 441 g/mol. The molecule has 3 aromatic carbocycles. The number of hydrogen-bond acceptors (Lipinski definition) is 3. The summed E-state index contributed by atoms with van der Waals surface area (Å²) in [4.78, 5) is 27.8. The van der Waals surface area contributed by atoms with Gasteiger partial charge in [-0.25, -0.2) is 0 Å². The molecule has 1 heterocycles. The van der Waals surface area contributed by atoms with E-state index in [1.807, 2.05) is 73.7 Å². The molecule has 33 heavy (non-hydrogen) atoms. The number of benzene rings is 3. The second-order valence-corrected chi connectivity index (χ2v) is 8.56. The zero-order valence-corrected chi connectivity index (χ0v) is 19.1. The minimum atomic E-state index is -0.0449. The lowest BCUT2D eigenvalue weighted by Crippen LogP contribution is -2.45. The van der Waals surface area contributed by atoms with Gasteiger partial charge in [0.2, 0.25) is 0 Å². The van der Waals surface area contributed by atoms with Crippen molar-refractivity contribution >= 4 is 17.5 Å². The third-order valence-electron chi connectivity index (χ3n) is 6.25. The van der Waals surface area contributed by atoms with Crippen LogP contribution in [0.1, 0.15) is 44.7 Å². The highest BCUT2D eigenvalue weighted by Crippen LogP contribution is 2.24. The van der Waals surface area contributed by atoms with E-state index in [0.29, 0.717) is 12.1 Å². The van der Waals surface area contributed by atoms with Crippen LogP contribution in [0.5, 0.6) is 0 Å². The average molecular weight is 442 g/mol. The van der Waals surface area contributed by atoms with Crippen molar-refractivity contribution in [2.75, 3.05) is 24.5 Å². The summed E-state index contributed by atoms with van der Waals surface area (Å²) in [6.45, 7) is 4.16. The topological polar surface area (TPSA) is 61.4 Å². The summed E-state index contributed by atoms with van der Waals surface area (Å²) in [7, 11) is 0. The molecule has 4 rings (SSSR count). The fourth-order valence-corrected chi connectivity index (χ4v) is 4.36. The van der Waals surface area contributed by atoms with E-state index in [1.165, 1.54) is 5.56 Å². The first-order chi connectivity index (χ1) is 16.1. The van der Waals surface area contributed by atoms with E-state index in [1.54, 1.807) is 0 Å². The van der Waals surface area contributed by atoms with Crippen LogP contribution in [-0.4, -0.2) is 37.5 Å². The van der Waals surface area contributed by atoms with Gasteiger partial charge in [-0.15, -0.1) is 0 Å². The van der Waals surface area contributed by atoms with Gasteiger partial charge in [-0.1, -0.05) is 60.7 Å². The molecule has 1 aliphatic rings. The van der Waals surface area contributed by atoms with Gasteiger partial charge < -0.3 is 15.5 Å². The maximum Gasteiger partial charge on any atom is 0.253 e. The third-order valence-corrected chi connectivity index (χ3v) is 6.25. The summed E-state index contributed by atoms with van der Waals surface area (Å²) in [6, 6.07) is 25.8. The number of hydrogen-bond donors (Lipinski definition) is 2. The molecular weight excluding hydrogens is 410 g/mol. The van der Waals surface area contributed by atoms with Crippen molar-refractivity contribution in [3.05, 3.63) is 101 Å². The first-order valence-electron chi connectivity index (χ1n) is 11.6. The number of anilines is 1. The largest absolute Gasteiger partial charge is 0.371 e. The highest BCUT2D eigenvalue weighted by molar-refractivity contribution is 6.00. The van der Waals surface area contributed by atoms with E-state index in [0.717, 1.165) is 49.2 Å². The normalized spacial score (nSPS) is 14.0. The summed E-state index contributed by atoms with van der Waals surface area (Å²) in [5.41, 5.74) is 4.59. The van der Waals surface area contributed by atoms with Crippen molar-refractivity contribution in [3.8, 4) is 0 Å². The lowest BCUT2D eigenvalue weighted by atomic mass is 10.0. The Morgan fingerprint density at radius 2 is 1.45 bits per heavy atom. The highest BCUT2D eigenvalue weighted by atomic mass is 16.2. The predicted octanol–water partition coefficient (Wildman–Crippen LogP) is 4.37. The predicted molar refractivity (Wildman–Crippen MR) is 133 cm³/mol. The Morgan fingerprint density at radius 3 is 2.18 bits per heavy atom. The minimum absolute atomic E-state index is 0.00950. The van der Waals surface area contributed by atoms with Crippen molar-refractivity contribution < 1.29 is 9.59 Å². The zero-order valence-electron chi connectivity index (χ0n) is 19.1. The van der Waals surface area contributed by atoms with E-state index >= 15 is 0 Å². The summed E-state index contributed by atoms with van der Waals surface area (Å²) in [6.07, 6.45) is 2.50. The van der Waals surface area contributed by atoms with Crippen LogP contribution in [0, 0.1) is 6.92 Å². The van der Waals surface area contributed by atoms with Gasteiger partial charge in [0.15, 0.2) is 0 Å². The molecule has 0 atom stereocenters. The highest BCUT2D eigenvalue weighted by Gasteiger charge is 2.24. The lowest BCUT2D eigenvalue weighted by molar-refractivity contribution is 0.0929. The molecule has 0 radical (unpaired) electrons. The molecule has 0 aromatic heterocycles. The molecule has 0 unspecified atom stereocenters. The number of piperidine rings is 1. The lowest BCUT2D eigenvalue weighted by Gasteiger charge is -2.35. The standard InChI is InChI=1S/C28H31N3O2/c1-21-9-5-6-12-24(21)28(33)30-23-16-19-31(20-17-23)26-14-8-7-13-25(26)27(32)29-18-15-22-10-3-2-4-11-22/h2-14,23H,15-20H2,1H3,(H,29,32)(H,30,33). The summed E-state index contributed by atoms with van der Waals surface area (Å²) in [5.74, 6) is -0.0544. The third kappa shape index (κ3) is 5.80. The quantitative estimate of drug-likeness (QED) is 0.573. The number of nitrogens with zero attached hydrogens (tertiary/aromatic N) is 1. The first kappa shape index (κ1) is 22.6. The van der Waals surface area contributed by atoms with Crippen LogP contribution in [0.3, 0.4) is 0 Å². The maximum absolute atomic E-state index is 12.9. The van der Waals surface area contributed by atoms with Crippen LogP contribution in [0.15, 0.2) is 78.9 Å². The number of carbonyl (C=O) groups excluding carboxylic acids is 2. The van der Waals surface area contributed by atoms with Crippen LogP contribution in [0.4, 0.5) is 5.69 Å². The Hall–Kier alpha value is -3.60. The van der Waals surface area contributed by atoms with Gasteiger partial charge in [0.25, 0.3) is 11.8 Å². The smallest absolute Gasteiger partial charge is 0.253 e. The molecule has 2 N–H and O–H groups in total. The van der Waals surface area contributed by atoms with Crippen LogP contribution in [-0.2, 0) is 6.42 Å². The van der Waals surface area contributed by atoms with E-state index in [9.17, 15) is 9.59 Å². The molecule has 3 aromatic rings. The molecule has 5 heteroatoms. The van der Waals surface area contributed by atoms with Crippen LogP contribution < -0.4 is 15.5 Å². The Balaban J connectivity index is 1.32. The van der Waals surface area contributed by atoms with Crippen molar-refractivity contribution in [1.82, 2.24) is 10.6 Å². The number of rotatable bonds is 7. The average Bonchev–Trinajstić information content (AvgIpc) is 2.85. The van der Waals surface area contributed by atoms with Crippen molar-refractivity contribution in [2.45, 2.75) is 32.2 Å². The number of amides is 2. The molecule has 0 aliphatic carbocycles. The van der Waals surface area contributed by atoms with Gasteiger partial charge in [0.1, 0.15) is 0 Å².